The number of rotatable bonds is 3. The van der Waals surface area contributed by atoms with Crippen molar-refractivity contribution in [1.82, 2.24) is 4.98 Å². The molecule has 0 bridgehead atoms. The Kier molecular flexibility index (Phi) is 4.42. The predicted molar refractivity (Wildman–Crippen MR) is 79.1 cm³/mol. The number of carbonyl (C=O) groups excluding carboxylic acids is 1. The van der Waals surface area contributed by atoms with Crippen molar-refractivity contribution < 1.29 is 4.79 Å². The van der Waals surface area contributed by atoms with E-state index in [1.54, 1.807) is 23.6 Å². The van der Waals surface area contributed by atoms with Crippen molar-refractivity contribution in [2.45, 2.75) is 13.0 Å². The van der Waals surface area contributed by atoms with Gasteiger partial charge in [-0.2, -0.15) is 0 Å². The third-order valence-corrected chi connectivity index (χ3v) is 3.93. The van der Waals surface area contributed by atoms with Gasteiger partial charge >= 0.3 is 0 Å². The zero-order chi connectivity index (χ0) is 14.0. The second-order valence-electron chi connectivity index (χ2n) is 3.94. The van der Waals surface area contributed by atoms with Gasteiger partial charge in [-0.25, -0.2) is 4.98 Å². The Morgan fingerprint density at radius 3 is 2.84 bits per heavy atom. The summed E-state index contributed by atoms with van der Waals surface area (Å²) in [6.45, 7) is 1.81. The van der Waals surface area contributed by atoms with Crippen LogP contribution in [0.1, 0.15) is 28.5 Å². The first-order valence-electron chi connectivity index (χ1n) is 5.45. The van der Waals surface area contributed by atoms with Crippen LogP contribution in [-0.2, 0) is 0 Å². The highest BCUT2D eigenvalue weighted by molar-refractivity contribution is 7.09. The van der Waals surface area contributed by atoms with Gasteiger partial charge in [0.25, 0.3) is 5.91 Å². The number of nitrogens with zero attached hydrogens (tertiary/aromatic N) is 1. The van der Waals surface area contributed by atoms with Crippen LogP contribution in [0.15, 0.2) is 23.6 Å². The zero-order valence-corrected chi connectivity index (χ0v) is 12.3. The van der Waals surface area contributed by atoms with Crippen molar-refractivity contribution in [3.63, 3.8) is 0 Å². The molecule has 2 rings (SSSR count). The lowest BCUT2D eigenvalue weighted by Crippen LogP contribution is -2.13. The molecule has 100 valence electrons. The number of amides is 1. The number of hydrogen-bond acceptors (Lipinski definition) is 4. The van der Waals surface area contributed by atoms with E-state index in [9.17, 15) is 4.79 Å². The first kappa shape index (κ1) is 14.3. The van der Waals surface area contributed by atoms with Gasteiger partial charge in [-0.15, -0.1) is 11.3 Å². The van der Waals surface area contributed by atoms with E-state index in [-0.39, 0.29) is 11.9 Å². The molecule has 0 spiro atoms. The molecule has 1 atom stereocenters. The van der Waals surface area contributed by atoms with E-state index in [0.717, 1.165) is 0 Å². The predicted octanol–water partition coefficient (Wildman–Crippen LogP) is 3.72. The second kappa shape index (κ2) is 5.88. The Hall–Kier alpha value is -1.14. The minimum atomic E-state index is -0.340. The van der Waals surface area contributed by atoms with Gasteiger partial charge in [-0.3, -0.25) is 4.79 Å². The first-order chi connectivity index (χ1) is 8.97. The molecule has 1 aromatic carbocycles. The highest BCUT2D eigenvalue weighted by Gasteiger charge is 2.14. The van der Waals surface area contributed by atoms with Gasteiger partial charge in [-0.05, 0) is 25.1 Å². The minimum absolute atomic E-state index is 0.193. The molecule has 1 heterocycles. The van der Waals surface area contributed by atoms with Crippen molar-refractivity contribution in [1.29, 1.82) is 0 Å². The summed E-state index contributed by atoms with van der Waals surface area (Å²) in [4.78, 5) is 16.2. The third kappa shape index (κ3) is 3.45. The molecule has 0 saturated heterocycles. The summed E-state index contributed by atoms with van der Waals surface area (Å²) in [5, 5.41) is 5.95. The molecule has 3 N–H and O–H groups in total. The van der Waals surface area contributed by atoms with E-state index in [2.05, 4.69) is 10.3 Å². The monoisotopic (exact) mass is 315 g/mol. The topological polar surface area (TPSA) is 68.0 Å². The van der Waals surface area contributed by atoms with Gasteiger partial charge in [0.15, 0.2) is 0 Å². The minimum Gasteiger partial charge on any atom is -0.322 e. The van der Waals surface area contributed by atoms with Gasteiger partial charge in [0.2, 0.25) is 0 Å². The molecule has 7 heteroatoms. The number of thiazole rings is 1. The Labute approximate surface area is 124 Å². The average molecular weight is 316 g/mol. The number of carbonyl (C=O) groups is 1. The number of nitrogens with one attached hydrogen (secondary N) is 1. The summed E-state index contributed by atoms with van der Waals surface area (Å²) >= 11 is 13.2. The molecular formula is C12H11Cl2N3OS. The van der Waals surface area contributed by atoms with Crippen LogP contribution < -0.4 is 11.1 Å². The fourth-order valence-electron chi connectivity index (χ4n) is 1.38. The lowest BCUT2D eigenvalue weighted by atomic mass is 10.3. The Bertz CT molecular complexity index is 613. The van der Waals surface area contributed by atoms with Gasteiger partial charge in [0.05, 0.1) is 16.8 Å². The summed E-state index contributed by atoms with van der Waals surface area (Å²) in [5.41, 5.74) is 6.47. The van der Waals surface area contributed by atoms with E-state index in [1.165, 1.54) is 11.3 Å². The molecule has 1 unspecified atom stereocenters. The average Bonchev–Trinajstić information content (AvgIpc) is 2.83. The second-order valence-corrected chi connectivity index (χ2v) is 5.67. The van der Waals surface area contributed by atoms with Crippen molar-refractivity contribution in [2.24, 2.45) is 5.73 Å². The summed E-state index contributed by atoms with van der Waals surface area (Å²) in [6.07, 6.45) is 0. The van der Waals surface area contributed by atoms with Crippen LogP contribution in [0.2, 0.25) is 10.0 Å². The Balaban J connectivity index is 2.18. The Morgan fingerprint density at radius 2 is 2.21 bits per heavy atom. The smallest absolute Gasteiger partial charge is 0.275 e. The normalized spacial score (nSPS) is 12.2. The van der Waals surface area contributed by atoms with Crippen LogP contribution in [0.5, 0.6) is 0 Å². The van der Waals surface area contributed by atoms with Crippen LogP contribution in [0.3, 0.4) is 0 Å². The fraction of sp³-hybridized carbons (Fsp3) is 0.167. The molecule has 1 amide bonds. The van der Waals surface area contributed by atoms with Crippen LogP contribution >= 0.6 is 34.5 Å². The molecule has 0 aliphatic carbocycles. The maximum atomic E-state index is 12.0. The van der Waals surface area contributed by atoms with Gasteiger partial charge in [0, 0.05) is 10.4 Å². The number of halogens is 2. The molecule has 19 heavy (non-hydrogen) atoms. The lowest BCUT2D eigenvalue weighted by molar-refractivity contribution is 0.102. The first-order valence-corrected chi connectivity index (χ1v) is 7.08. The number of hydrogen-bond donors (Lipinski definition) is 2. The van der Waals surface area contributed by atoms with E-state index in [4.69, 9.17) is 28.9 Å². The van der Waals surface area contributed by atoms with E-state index < -0.39 is 0 Å². The van der Waals surface area contributed by atoms with Crippen molar-refractivity contribution in [3.05, 3.63) is 44.3 Å². The molecule has 0 aliphatic rings. The molecule has 0 radical (unpaired) electrons. The molecule has 0 aliphatic heterocycles. The van der Waals surface area contributed by atoms with Crippen LogP contribution in [0.4, 0.5) is 5.69 Å². The number of nitrogens with two attached hydrogens (primary N) is 1. The lowest BCUT2D eigenvalue weighted by Gasteiger charge is -2.06. The largest absolute Gasteiger partial charge is 0.322 e. The Morgan fingerprint density at radius 1 is 1.47 bits per heavy atom. The van der Waals surface area contributed by atoms with Crippen molar-refractivity contribution in [2.75, 3.05) is 5.32 Å². The summed E-state index contributed by atoms with van der Waals surface area (Å²) in [5.74, 6) is -0.340. The van der Waals surface area contributed by atoms with Gasteiger partial charge < -0.3 is 11.1 Å². The van der Waals surface area contributed by atoms with Crippen LogP contribution in [-0.4, -0.2) is 10.9 Å². The van der Waals surface area contributed by atoms with E-state index in [0.29, 0.717) is 26.4 Å². The molecule has 4 nitrogen and oxygen atoms in total. The van der Waals surface area contributed by atoms with Crippen molar-refractivity contribution in [3.8, 4) is 0 Å². The fourth-order valence-corrected chi connectivity index (χ4v) is 2.48. The number of anilines is 1. The standard InChI is InChI=1S/C12H11Cl2N3OS/c1-6(15)12-17-10(5-19-12)11(18)16-9-4-7(13)2-3-8(9)14/h2-6H,15H2,1H3,(H,16,18). The summed E-state index contributed by atoms with van der Waals surface area (Å²) in [7, 11) is 0. The van der Waals surface area contributed by atoms with Crippen LogP contribution in [0, 0.1) is 0 Å². The number of benzene rings is 1. The van der Waals surface area contributed by atoms with Crippen LogP contribution in [0.25, 0.3) is 0 Å². The highest BCUT2D eigenvalue weighted by Crippen LogP contribution is 2.26. The maximum Gasteiger partial charge on any atom is 0.275 e. The molecule has 0 saturated carbocycles. The summed E-state index contributed by atoms with van der Waals surface area (Å²) < 4.78 is 0. The van der Waals surface area contributed by atoms with Gasteiger partial charge in [-0.1, -0.05) is 23.2 Å². The molecule has 2 aromatic rings. The molecular weight excluding hydrogens is 305 g/mol. The van der Waals surface area contributed by atoms with Crippen molar-refractivity contribution >= 4 is 46.1 Å². The van der Waals surface area contributed by atoms with E-state index >= 15 is 0 Å². The number of aromatic nitrogens is 1. The SMILES string of the molecule is CC(N)c1nc(C(=O)Nc2cc(Cl)ccc2Cl)cs1. The quantitative estimate of drug-likeness (QED) is 0.907. The third-order valence-electron chi connectivity index (χ3n) is 2.32. The zero-order valence-electron chi connectivity index (χ0n) is 9.98. The highest BCUT2D eigenvalue weighted by atomic mass is 35.5. The molecule has 0 fully saturated rings. The van der Waals surface area contributed by atoms with Gasteiger partial charge in [0.1, 0.15) is 10.7 Å². The summed E-state index contributed by atoms with van der Waals surface area (Å²) in [6, 6.07) is 4.66. The van der Waals surface area contributed by atoms with E-state index in [1.807, 2.05) is 6.92 Å². The maximum absolute atomic E-state index is 12.0. The molecule has 1 aromatic heterocycles.